The third kappa shape index (κ3) is 2.18. The van der Waals surface area contributed by atoms with E-state index in [9.17, 15) is 0 Å². The van der Waals surface area contributed by atoms with Gasteiger partial charge in [-0.15, -0.1) is 0 Å². The van der Waals surface area contributed by atoms with Gasteiger partial charge in [0, 0.05) is 25.0 Å². The highest BCUT2D eigenvalue weighted by molar-refractivity contribution is 9.09. The highest BCUT2D eigenvalue weighted by Gasteiger charge is 2.19. The molecule has 2 rings (SSSR count). The van der Waals surface area contributed by atoms with Gasteiger partial charge in [0.25, 0.3) is 0 Å². The lowest BCUT2D eigenvalue weighted by Gasteiger charge is -2.18. The van der Waals surface area contributed by atoms with Crippen LogP contribution in [0.15, 0.2) is 24.3 Å². The fourth-order valence-corrected chi connectivity index (χ4v) is 2.23. The molecule has 0 saturated carbocycles. The molecule has 1 heterocycles. The van der Waals surface area contributed by atoms with Gasteiger partial charge in [-0.05, 0) is 17.0 Å². The molecular formula is C12H16BrN. The first-order chi connectivity index (χ1) is 6.79. The second-order valence-corrected chi connectivity index (χ2v) is 4.85. The number of fused-ring (bicyclic) bond motifs is 1. The Hall–Kier alpha value is -0.340. The van der Waals surface area contributed by atoms with Crippen molar-refractivity contribution in [2.45, 2.75) is 20.0 Å². The summed E-state index contributed by atoms with van der Waals surface area (Å²) in [5.41, 5.74) is 3.02. The first kappa shape index (κ1) is 10.2. The Morgan fingerprint density at radius 3 is 2.36 bits per heavy atom. The van der Waals surface area contributed by atoms with Crippen LogP contribution in [-0.2, 0) is 13.1 Å². The van der Waals surface area contributed by atoms with Crippen LogP contribution in [0.5, 0.6) is 0 Å². The van der Waals surface area contributed by atoms with Crippen LogP contribution in [0.1, 0.15) is 18.1 Å². The van der Waals surface area contributed by atoms with E-state index in [1.54, 1.807) is 0 Å². The fraction of sp³-hybridized carbons (Fsp3) is 0.500. The van der Waals surface area contributed by atoms with Gasteiger partial charge in [-0.1, -0.05) is 47.1 Å². The van der Waals surface area contributed by atoms with Gasteiger partial charge in [-0.25, -0.2) is 0 Å². The van der Waals surface area contributed by atoms with Gasteiger partial charge in [0.05, 0.1) is 0 Å². The minimum Gasteiger partial charge on any atom is -0.295 e. The first-order valence-corrected chi connectivity index (χ1v) is 6.27. The van der Waals surface area contributed by atoms with E-state index in [-0.39, 0.29) is 0 Å². The summed E-state index contributed by atoms with van der Waals surface area (Å²) in [6.07, 6.45) is 0. The van der Waals surface area contributed by atoms with Crippen LogP contribution in [0.25, 0.3) is 0 Å². The molecule has 0 bridgehead atoms. The van der Waals surface area contributed by atoms with Crippen LogP contribution >= 0.6 is 15.9 Å². The lowest BCUT2D eigenvalue weighted by atomic mass is 10.1. The zero-order valence-corrected chi connectivity index (χ0v) is 10.1. The molecule has 0 radical (unpaired) electrons. The Bertz CT molecular complexity index is 286. The number of nitrogens with zero attached hydrogens (tertiary/aromatic N) is 1. The number of rotatable bonds is 3. The summed E-state index contributed by atoms with van der Waals surface area (Å²) in [4.78, 5) is 2.52. The van der Waals surface area contributed by atoms with Crippen LogP contribution in [0, 0.1) is 5.92 Å². The smallest absolute Gasteiger partial charge is 0.0240 e. The van der Waals surface area contributed by atoms with Gasteiger partial charge in [0.15, 0.2) is 0 Å². The standard InChI is InChI=1S/C12H16BrN/c1-10(6-13)7-14-8-11-4-2-3-5-12(11)9-14/h2-5,10H,6-9H2,1H3/t10-/m0/s1. The molecular weight excluding hydrogens is 238 g/mol. The van der Waals surface area contributed by atoms with E-state index in [0.717, 1.165) is 24.3 Å². The zero-order valence-electron chi connectivity index (χ0n) is 8.54. The van der Waals surface area contributed by atoms with Crippen LogP contribution in [-0.4, -0.2) is 16.8 Å². The molecule has 0 aliphatic carbocycles. The van der Waals surface area contributed by atoms with Gasteiger partial charge in [-0.3, -0.25) is 4.90 Å². The average molecular weight is 254 g/mol. The van der Waals surface area contributed by atoms with Crippen LogP contribution in [0.2, 0.25) is 0 Å². The maximum Gasteiger partial charge on any atom is 0.0240 e. The quantitative estimate of drug-likeness (QED) is 0.749. The molecule has 0 amide bonds. The average Bonchev–Trinajstić information content (AvgIpc) is 2.59. The van der Waals surface area contributed by atoms with Crippen molar-refractivity contribution >= 4 is 15.9 Å². The Morgan fingerprint density at radius 2 is 1.86 bits per heavy atom. The lowest BCUT2D eigenvalue weighted by Crippen LogP contribution is -2.23. The van der Waals surface area contributed by atoms with Crippen molar-refractivity contribution in [2.24, 2.45) is 5.92 Å². The van der Waals surface area contributed by atoms with Gasteiger partial charge in [0.2, 0.25) is 0 Å². The highest BCUT2D eigenvalue weighted by Crippen LogP contribution is 2.23. The lowest BCUT2D eigenvalue weighted by molar-refractivity contribution is 0.253. The summed E-state index contributed by atoms with van der Waals surface area (Å²) in [6, 6.07) is 8.76. The molecule has 0 aromatic heterocycles. The van der Waals surface area contributed by atoms with Gasteiger partial charge < -0.3 is 0 Å². The first-order valence-electron chi connectivity index (χ1n) is 5.14. The van der Waals surface area contributed by atoms with Crippen LogP contribution in [0.3, 0.4) is 0 Å². The maximum atomic E-state index is 3.53. The maximum absolute atomic E-state index is 3.53. The third-order valence-electron chi connectivity index (χ3n) is 2.74. The van der Waals surface area contributed by atoms with E-state index >= 15 is 0 Å². The van der Waals surface area contributed by atoms with Crippen molar-refractivity contribution in [2.75, 3.05) is 11.9 Å². The second-order valence-electron chi connectivity index (χ2n) is 4.20. The van der Waals surface area contributed by atoms with Crippen LogP contribution in [0.4, 0.5) is 0 Å². The van der Waals surface area contributed by atoms with Crippen LogP contribution < -0.4 is 0 Å². The molecule has 2 heteroatoms. The van der Waals surface area contributed by atoms with E-state index in [4.69, 9.17) is 0 Å². The minimum atomic E-state index is 0.740. The Kier molecular flexibility index (Phi) is 3.24. The predicted molar refractivity (Wildman–Crippen MR) is 63.5 cm³/mol. The number of hydrogen-bond acceptors (Lipinski definition) is 1. The molecule has 1 aromatic rings. The number of benzene rings is 1. The van der Waals surface area contributed by atoms with E-state index in [1.807, 2.05) is 0 Å². The minimum absolute atomic E-state index is 0.740. The van der Waals surface area contributed by atoms with E-state index in [1.165, 1.54) is 17.7 Å². The molecule has 1 aliphatic rings. The molecule has 76 valence electrons. The molecule has 0 saturated heterocycles. The van der Waals surface area contributed by atoms with Crippen molar-refractivity contribution in [3.05, 3.63) is 35.4 Å². The summed E-state index contributed by atoms with van der Waals surface area (Å²) >= 11 is 3.53. The van der Waals surface area contributed by atoms with Gasteiger partial charge in [0.1, 0.15) is 0 Å². The fourth-order valence-electron chi connectivity index (χ4n) is 2.02. The Morgan fingerprint density at radius 1 is 1.29 bits per heavy atom. The Labute approximate surface area is 94.2 Å². The SMILES string of the molecule is C[C@@H](CBr)CN1Cc2ccccc2C1. The molecule has 1 atom stereocenters. The molecule has 0 fully saturated rings. The topological polar surface area (TPSA) is 3.24 Å². The Balaban J connectivity index is 1.98. The molecule has 0 unspecified atom stereocenters. The zero-order chi connectivity index (χ0) is 9.97. The molecule has 1 aliphatic heterocycles. The summed E-state index contributed by atoms with van der Waals surface area (Å²) in [5, 5.41) is 1.10. The number of halogens is 1. The summed E-state index contributed by atoms with van der Waals surface area (Å²) in [7, 11) is 0. The van der Waals surface area contributed by atoms with Crippen molar-refractivity contribution in [1.29, 1.82) is 0 Å². The predicted octanol–water partition coefficient (Wildman–Crippen LogP) is 3.03. The monoisotopic (exact) mass is 253 g/mol. The van der Waals surface area contributed by atoms with E-state index in [2.05, 4.69) is 52.0 Å². The molecule has 0 spiro atoms. The summed E-state index contributed by atoms with van der Waals surface area (Å²) in [5.74, 6) is 0.740. The number of hydrogen-bond donors (Lipinski definition) is 0. The van der Waals surface area contributed by atoms with E-state index in [0.29, 0.717) is 0 Å². The molecule has 1 nitrogen and oxygen atoms in total. The van der Waals surface area contributed by atoms with E-state index < -0.39 is 0 Å². The molecule has 1 aromatic carbocycles. The third-order valence-corrected chi connectivity index (χ3v) is 3.84. The van der Waals surface area contributed by atoms with Gasteiger partial charge in [-0.2, -0.15) is 0 Å². The summed E-state index contributed by atoms with van der Waals surface area (Å²) < 4.78 is 0. The summed E-state index contributed by atoms with van der Waals surface area (Å²) in [6.45, 7) is 5.75. The second kappa shape index (κ2) is 4.45. The van der Waals surface area contributed by atoms with Gasteiger partial charge >= 0.3 is 0 Å². The molecule has 0 N–H and O–H groups in total. The number of alkyl halides is 1. The van der Waals surface area contributed by atoms with Crippen molar-refractivity contribution in [3.8, 4) is 0 Å². The van der Waals surface area contributed by atoms with Crippen molar-refractivity contribution in [1.82, 2.24) is 4.90 Å². The van der Waals surface area contributed by atoms with Crippen molar-refractivity contribution < 1.29 is 0 Å². The van der Waals surface area contributed by atoms with Crippen molar-refractivity contribution in [3.63, 3.8) is 0 Å². The molecule has 14 heavy (non-hydrogen) atoms. The largest absolute Gasteiger partial charge is 0.295 e. The highest BCUT2D eigenvalue weighted by atomic mass is 79.9. The normalized spacial score (nSPS) is 18.1.